The molecule has 0 saturated heterocycles. The minimum atomic E-state index is 1.25. The van der Waals surface area contributed by atoms with E-state index >= 15 is 0 Å². The van der Waals surface area contributed by atoms with Crippen molar-refractivity contribution in [2.75, 3.05) is 11.9 Å². The summed E-state index contributed by atoms with van der Waals surface area (Å²) in [5.41, 5.74) is 7.54. The van der Waals surface area contributed by atoms with Gasteiger partial charge in [-0.05, 0) is 46.5 Å². The van der Waals surface area contributed by atoms with Crippen LogP contribution in [-0.4, -0.2) is 7.05 Å². The Morgan fingerprint density at radius 2 is 0.963 bits per heavy atom. The van der Waals surface area contributed by atoms with Crippen molar-refractivity contribution in [1.82, 2.24) is 0 Å². The van der Waals surface area contributed by atoms with Gasteiger partial charge >= 0.3 is 0 Å². The molecule has 0 aliphatic carbocycles. The second-order valence-electron chi connectivity index (χ2n) is 6.76. The van der Waals surface area contributed by atoms with Crippen LogP contribution in [0.3, 0.4) is 0 Å². The Morgan fingerprint density at radius 3 is 1.41 bits per heavy atom. The predicted octanol–water partition coefficient (Wildman–Crippen LogP) is 7.25. The summed E-state index contributed by atoms with van der Waals surface area (Å²) in [7, 11) is 2.17. The second kappa shape index (κ2) is 6.64. The van der Waals surface area contributed by atoms with Crippen LogP contribution in [0.2, 0.25) is 0 Å². The number of benzene rings is 4. The first-order chi connectivity index (χ1) is 13.3. The lowest BCUT2D eigenvalue weighted by Crippen LogP contribution is -2.14. The van der Waals surface area contributed by atoms with E-state index in [2.05, 4.69) is 109 Å². The average molecular weight is 366 g/mol. The molecule has 0 unspecified atom stereocenters. The van der Waals surface area contributed by atoms with Gasteiger partial charge in [-0.1, -0.05) is 84.6 Å². The monoisotopic (exact) mass is 365 g/mol. The molecule has 1 aliphatic rings. The van der Waals surface area contributed by atoms with Crippen molar-refractivity contribution in [2.45, 2.75) is 9.79 Å². The molecule has 0 saturated carbocycles. The third-order valence-electron chi connectivity index (χ3n) is 5.07. The predicted molar refractivity (Wildman–Crippen MR) is 116 cm³/mol. The molecule has 0 atom stereocenters. The molecule has 1 nitrogen and oxygen atoms in total. The average Bonchev–Trinajstić information content (AvgIpc) is 2.75. The Kier molecular flexibility index (Phi) is 3.99. The number of hydrogen-bond donors (Lipinski definition) is 0. The number of fused-ring (bicyclic) bond motifs is 2. The van der Waals surface area contributed by atoms with Gasteiger partial charge in [0.1, 0.15) is 0 Å². The van der Waals surface area contributed by atoms with Gasteiger partial charge in [0, 0.05) is 16.8 Å². The quantitative estimate of drug-likeness (QED) is 0.368. The lowest BCUT2D eigenvalue weighted by atomic mass is 10.0. The summed E-state index contributed by atoms with van der Waals surface area (Å²) in [6.07, 6.45) is 0. The normalized spacial score (nSPS) is 12.4. The standard InChI is InChI=1S/C25H19NS/c1-26-22-16-20(18-8-4-2-5-9-18)12-14-24(22)27-25-15-13-21(17-23(25)26)19-10-6-3-7-11-19/h2-17H,1H3. The van der Waals surface area contributed by atoms with Crippen LogP contribution in [0.15, 0.2) is 107 Å². The molecule has 0 fully saturated rings. The maximum Gasteiger partial charge on any atom is 0.0556 e. The summed E-state index contributed by atoms with van der Waals surface area (Å²) in [5, 5.41) is 0. The zero-order chi connectivity index (χ0) is 18.2. The maximum atomic E-state index is 2.32. The van der Waals surface area contributed by atoms with E-state index in [1.165, 1.54) is 43.4 Å². The van der Waals surface area contributed by atoms with Crippen LogP contribution in [0.1, 0.15) is 0 Å². The topological polar surface area (TPSA) is 3.24 Å². The SMILES string of the molecule is CN1c2cc(-c3ccccc3)ccc2Sc2ccc(-c3ccccc3)cc21. The van der Waals surface area contributed by atoms with Gasteiger partial charge in [0.25, 0.3) is 0 Å². The Hall–Kier alpha value is -2.97. The highest BCUT2D eigenvalue weighted by Crippen LogP contribution is 2.49. The summed E-state index contributed by atoms with van der Waals surface area (Å²) in [6, 6.07) is 34.7. The van der Waals surface area contributed by atoms with Crippen LogP contribution in [0.5, 0.6) is 0 Å². The first-order valence-electron chi connectivity index (χ1n) is 9.10. The van der Waals surface area contributed by atoms with Crippen molar-refractivity contribution in [3.8, 4) is 22.3 Å². The van der Waals surface area contributed by atoms with Crippen molar-refractivity contribution in [1.29, 1.82) is 0 Å². The molecule has 0 N–H and O–H groups in total. The van der Waals surface area contributed by atoms with Crippen LogP contribution < -0.4 is 4.90 Å². The Balaban J connectivity index is 1.57. The van der Waals surface area contributed by atoms with E-state index in [-0.39, 0.29) is 0 Å². The van der Waals surface area contributed by atoms with Gasteiger partial charge in [0.15, 0.2) is 0 Å². The number of nitrogens with zero attached hydrogens (tertiary/aromatic N) is 1. The first kappa shape index (κ1) is 16.2. The molecule has 2 heteroatoms. The molecule has 130 valence electrons. The minimum Gasteiger partial charge on any atom is -0.343 e. The fourth-order valence-corrected chi connectivity index (χ4v) is 4.71. The van der Waals surface area contributed by atoms with E-state index in [1.807, 2.05) is 11.8 Å². The molecule has 0 aromatic heterocycles. The first-order valence-corrected chi connectivity index (χ1v) is 9.92. The number of hydrogen-bond acceptors (Lipinski definition) is 2. The zero-order valence-corrected chi connectivity index (χ0v) is 15.9. The van der Waals surface area contributed by atoms with Gasteiger partial charge in [0.2, 0.25) is 0 Å². The molecule has 1 aliphatic heterocycles. The summed E-state index contributed by atoms with van der Waals surface area (Å²) in [4.78, 5) is 4.93. The number of anilines is 2. The van der Waals surface area contributed by atoms with Gasteiger partial charge in [-0.15, -0.1) is 0 Å². The molecule has 0 bridgehead atoms. The molecular formula is C25H19NS. The van der Waals surface area contributed by atoms with E-state index in [1.54, 1.807) is 0 Å². The number of rotatable bonds is 2. The Bertz CT molecular complexity index is 1010. The second-order valence-corrected chi connectivity index (χ2v) is 7.84. The summed E-state index contributed by atoms with van der Waals surface area (Å²) >= 11 is 1.85. The van der Waals surface area contributed by atoms with E-state index in [9.17, 15) is 0 Å². The van der Waals surface area contributed by atoms with Gasteiger partial charge in [-0.3, -0.25) is 0 Å². The van der Waals surface area contributed by atoms with E-state index in [4.69, 9.17) is 0 Å². The molecule has 0 radical (unpaired) electrons. The summed E-state index contributed by atoms with van der Waals surface area (Å²) < 4.78 is 0. The van der Waals surface area contributed by atoms with Gasteiger partial charge in [-0.25, -0.2) is 0 Å². The lowest BCUT2D eigenvalue weighted by Gasteiger charge is -2.30. The van der Waals surface area contributed by atoms with Crippen molar-refractivity contribution in [3.05, 3.63) is 97.1 Å². The fraction of sp³-hybridized carbons (Fsp3) is 0.0400. The Morgan fingerprint density at radius 1 is 0.519 bits per heavy atom. The van der Waals surface area contributed by atoms with Crippen molar-refractivity contribution in [2.24, 2.45) is 0 Å². The largest absolute Gasteiger partial charge is 0.343 e. The summed E-state index contributed by atoms with van der Waals surface area (Å²) in [5.74, 6) is 0. The molecule has 4 aromatic carbocycles. The minimum absolute atomic E-state index is 1.25. The van der Waals surface area contributed by atoms with Crippen LogP contribution in [-0.2, 0) is 0 Å². The molecule has 0 spiro atoms. The lowest BCUT2D eigenvalue weighted by molar-refractivity contribution is 1.11. The molecule has 4 aromatic rings. The van der Waals surface area contributed by atoms with Crippen molar-refractivity contribution in [3.63, 3.8) is 0 Å². The third-order valence-corrected chi connectivity index (χ3v) is 6.21. The van der Waals surface area contributed by atoms with E-state index < -0.39 is 0 Å². The summed E-state index contributed by atoms with van der Waals surface area (Å²) in [6.45, 7) is 0. The van der Waals surface area contributed by atoms with Gasteiger partial charge in [-0.2, -0.15) is 0 Å². The van der Waals surface area contributed by atoms with Crippen LogP contribution in [0, 0.1) is 0 Å². The van der Waals surface area contributed by atoms with E-state index in [0.29, 0.717) is 0 Å². The smallest absolute Gasteiger partial charge is 0.0556 e. The molecule has 0 amide bonds. The highest BCUT2D eigenvalue weighted by Gasteiger charge is 2.21. The Labute approximate surface area is 164 Å². The van der Waals surface area contributed by atoms with Crippen LogP contribution >= 0.6 is 11.8 Å². The highest BCUT2D eigenvalue weighted by molar-refractivity contribution is 7.99. The molecule has 27 heavy (non-hydrogen) atoms. The third kappa shape index (κ3) is 2.92. The van der Waals surface area contributed by atoms with Gasteiger partial charge in [0.05, 0.1) is 11.4 Å². The fourth-order valence-electron chi connectivity index (χ4n) is 3.60. The van der Waals surface area contributed by atoms with Crippen LogP contribution in [0.4, 0.5) is 11.4 Å². The van der Waals surface area contributed by atoms with Crippen LogP contribution in [0.25, 0.3) is 22.3 Å². The highest BCUT2D eigenvalue weighted by atomic mass is 32.2. The maximum absolute atomic E-state index is 2.32. The molecule has 5 rings (SSSR count). The molecular weight excluding hydrogens is 346 g/mol. The van der Waals surface area contributed by atoms with Gasteiger partial charge < -0.3 is 4.90 Å². The van der Waals surface area contributed by atoms with Crippen molar-refractivity contribution < 1.29 is 0 Å². The van der Waals surface area contributed by atoms with E-state index in [0.717, 1.165) is 0 Å². The zero-order valence-electron chi connectivity index (χ0n) is 15.1. The molecule has 1 heterocycles. The van der Waals surface area contributed by atoms with Crippen molar-refractivity contribution >= 4 is 23.1 Å².